The summed E-state index contributed by atoms with van der Waals surface area (Å²) in [4.78, 5) is 14.4. The van der Waals surface area contributed by atoms with E-state index in [1.54, 1.807) is 0 Å². The predicted molar refractivity (Wildman–Crippen MR) is 99.6 cm³/mol. The summed E-state index contributed by atoms with van der Waals surface area (Å²) in [7, 11) is 2.11. The number of halogens is 1. The van der Waals surface area contributed by atoms with Crippen LogP contribution < -0.4 is 11.1 Å². The monoisotopic (exact) mass is 341 g/mol. The maximum atomic E-state index is 12.1. The molecule has 0 aliphatic heterocycles. The van der Waals surface area contributed by atoms with Crippen molar-refractivity contribution >= 4 is 18.3 Å². The van der Waals surface area contributed by atoms with Crippen molar-refractivity contribution in [3.05, 3.63) is 35.4 Å². The predicted octanol–water partition coefficient (Wildman–Crippen LogP) is 2.94. The van der Waals surface area contributed by atoms with E-state index in [1.165, 1.54) is 5.56 Å². The third-order valence-corrected chi connectivity index (χ3v) is 4.43. The van der Waals surface area contributed by atoms with Gasteiger partial charge in [0, 0.05) is 19.1 Å². The van der Waals surface area contributed by atoms with Gasteiger partial charge in [-0.3, -0.25) is 9.69 Å². The van der Waals surface area contributed by atoms with Crippen LogP contribution in [0, 0.1) is 5.92 Å². The molecule has 1 aromatic carbocycles. The summed E-state index contributed by atoms with van der Waals surface area (Å²) >= 11 is 0. The Morgan fingerprint density at radius 3 is 2.30 bits per heavy atom. The van der Waals surface area contributed by atoms with Crippen molar-refractivity contribution in [1.29, 1.82) is 0 Å². The number of hydrogen-bond donors (Lipinski definition) is 2. The van der Waals surface area contributed by atoms with Crippen molar-refractivity contribution in [3.63, 3.8) is 0 Å². The van der Waals surface area contributed by atoms with Gasteiger partial charge in [0.05, 0.1) is 6.04 Å². The highest BCUT2D eigenvalue weighted by molar-refractivity contribution is 5.85. The fourth-order valence-corrected chi connectivity index (χ4v) is 2.15. The molecule has 132 valence electrons. The minimum atomic E-state index is -0.435. The van der Waals surface area contributed by atoms with Crippen LogP contribution in [-0.4, -0.2) is 29.9 Å². The molecule has 0 radical (unpaired) electrons. The van der Waals surface area contributed by atoms with Gasteiger partial charge < -0.3 is 11.1 Å². The molecule has 0 saturated heterocycles. The topological polar surface area (TPSA) is 58.4 Å². The van der Waals surface area contributed by atoms with Gasteiger partial charge in [-0.1, -0.05) is 44.5 Å². The summed E-state index contributed by atoms with van der Waals surface area (Å²) < 4.78 is 0. The molecule has 3 N–H and O–H groups in total. The number of benzene rings is 1. The molecule has 0 saturated carbocycles. The first-order valence-corrected chi connectivity index (χ1v) is 8.17. The minimum Gasteiger partial charge on any atom is -0.351 e. The summed E-state index contributed by atoms with van der Waals surface area (Å²) in [5, 5.41) is 2.97. The van der Waals surface area contributed by atoms with Gasteiger partial charge in [-0.05, 0) is 37.9 Å². The van der Waals surface area contributed by atoms with Crippen LogP contribution in [0.25, 0.3) is 0 Å². The summed E-state index contributed by atoms with van der Waals surface area (Å²) in [5.74, 6) is 0.128. The fraction of sp³-hybridized carbons (Fsp3) is 0.611. The van der Waals surface area contributed by atoms with Gasteiger partial charge in [0.25, 0.3) is 0 Å². The molecular weight excluding hydrogens is 310 g/mol. The van der Waals surface area contributed by atoms with E-state index in [0.29, 0.717) is 12.6 Å². The highest BCUT2D eigenvalue weighted by Crippen LogP contribution is 2.13. The van der Waals surface area contributed by atoms with E-state index in [-0.39, 0.29) is 24.2 Å². The summed E-state index contributed by atoms with van der Waals surface area (Å²) in [6.07, 6.45) is 0.907. The molecule has 0 aromatic heterocycles. The van der Waals surface area contributed by atoms with E-state index in [4.69, 9.17) is 5.73 Å². The second-order valence-electron chi connectivity index (χ2n) is 6.41. The number of hydrogen-bond acceptors (Lipinski definition) is 3. The maximum absolute atomic E-state index is 12.1. The lowest BCUT2D eigenvalue weighted by Gasteiger charge is -2.23. The van der Waals surface area contributed by atoms with Crippen LogP contribution in [0.15, 0.2) is 24.3 Å². The molecule has 0 heterocycles. The van der Waals surface area contributed by atoms with Crippen molar-refractivity contribution in [1.82, 2.24) is 10.2 Å². The molecular formula is C18H32ClN3O. The molecule has 23 heavy (non-hydrogen) atoms. The van der Waals surface area contributed by atoms with Gasteiger partial charge >= 0.3 is 0 Å². The lowest BCUT2D eigenvalue weighted by molar-refractivity contribution is -0.123. The number of amides is 1. The zero-order chi connectivity index (χ0) is 16.7. The summed E-state index contributed by atoms with van der Waals surface area (Å²) in [5.41, 5.74) is 8.37. The van der Waals surface area contributed by atoms with Crippen LogP contribution in [-0.2, 0) is 17.9 Å². The normalized spacial score (nSPS) is 13.6. The van der Waals surface area contributed by atoms with E-state index in [1.807, 2.05) is 19.1 Å². The zero-order valence-electron chi connectivity index (χ0n) is 15.0. The highest BCUT2D eigenvalue weighted by Gasteiger charge is 2.19. The SMILES string of the molecule is CCC(C)C(N)C(=O)NCc1ccccc1CN(C)C(C)C.Cl. The molecule has 4 nitrogen and oxygen atoms in total. The number of nitrogens with zero attached hydrogens (tertiary/aromatic N) is 1. The number of nitrogens with two attached hydrogens (primary N) is 1. The minimum absolute atomic E-state index is 0. The van der Waals surface area contributed by atoms with Crippen molar-refractivity contribution in [2.45, 2.75) is 59.3 Å². The Bertz CT molecular complexity index is 479. The molecule has 0 spiro atoms. The zero-order valence-corrected chi connectivity index (χ0v) is 15.8. The first kappa shape index (κ1) is 21.9. The average Bonchev–Trinajstić information content (AvgIpc) is 2.51. The Morgan fingerprint density at radius 1 is 1.22 bits per heavy atom. The maximum Gasteiger partial charge on any atom is 0.237 e. The Hall–Kier alpha value is -1.10. The molecule has 0 aliphatic carbocycles. The van der Waals surface area contributed by atoms with Gasteiger partial charge in [-0.2, -0.15) is 0 Å². The first-order valence-electron chi connectivity index (χ1n) is 8.17. The van der Waals surface area contributed by atoms with E-state index >= 15 is 0 Å². The second-order valence-corrected chi connectivity index (χ2v) is 6.41. The van der Waals surface area contributed by atoms with Gasteiger partial charge in [0.15, 0.2) is 0 Å². The van der Waals surface area contributed by atoms with Crippen LogP contribution in [0.3, 0.4) is 0 Å². The Labute approximate surface area is 147 Å². The van der Waals surface area contributed by atoms with Gasteiger partial charge in [-0.25, -0.2) is 0 Å². The number of nitrogens with one attached hydrogen (secondary N) is 1. The van der Waals surface area contributed by atoms with Crippen LogP contribution in [0.1, 0.15) is 45.2 Å². The third kappa shape index (κ3) is 6.90. The molecule has 2 atom stereocenters. The van der Waals surface area contributed by atoms with Crippen molar-refractivity contribution in [3.8, 4) is 0 Å². The molecule has 1 rings (SSSR count). The molecule has 0 fully saturated rings. The Kier molecular flexibility index (Phi) is 10.1. The van der Waals surface area contributed by atoms with E-state index in [0.717, 1.165) is 18.5 Å². The van der Waals surface area contributed by atoms with Crippen LogP contribution in [0.2, 0.25) is 0 Å². The average molecular weight is 342 g/mol. The van der Waals surface area contributed by atoms with E-state index < -0.39 is 6.04 Å². The van der Waals surface area contributed by atoms with Crippen LogP contribution in [0.5, 0.6) is 0 Å². The van der Waals surface area contributed by atoms with Gasteiger partial charge in [-0.15, -0.1) is 12.4 Å². The second kappa shape index (κ2) is 10.6. The summed E-state index contributed by atoms with van der Waals surface area (Å²) in [6.45, 7) is 9.82. The highest BCUT2D eigenvalue weighted by atomic mass is 35.5. The van der Waals surface area contributed by atoms with Crippen molar-refractivity contribution in [2.75, 3.05) is 7.05 Å². The van der Waals surface area contributed by atoms with Gasteiger partial charge in [0.2, 0.25) is 5.91 Å². The molecule has 1 aromatic rings. The lowest BCUT2D eigenvalue weighted by atomic mass is 9.99. The summed E-state index contributed by atoms with van der Waals surface area (Å²) in [6, 6.07) is 8.29. The fourth-order valence-electron chi connectivity index (χ4n) is 2.15. The largest absolute Gasteiger partial charge is 0.351 e. The number of carbonyl (C=O) groups excluding carboxylic acids is 1. The van der Waals surface area contributed by atoms with Crippen LogP contribution >= 0.6 is 12.4 Å². The smallest absolute Gasteiger partial charge is 0.237 e. The molecule has 0 bridgehead atoms. The molecule has 5 heteroatoms. The van der Waals surface area contributed by atoms with Crippen molar-refractivity contribution < 1.29 is 4.79 Å². The Morgan fingerprint density at radius 2 is 1.78 bits per heavy atom. The van der Waals surface area contributed by atoms with Crippen molar-refractivity contribution in [2.24, 2.45) is 11.7 Å². The van der Waals surface area contributed by atoms with E-state index in [9.17, 15) is 4.79 Å². The van der Waals surface area contributed by atoms with E-state index in [2.05, 4.69) is 50.2 Å². The molecule has 0 aliphatic rings. The molecule has 2 unspecified atom stereocenters. The first-order chi connectivity index (χ1) is 10.4. The Balaban J connectivity index is 0.00000484. The quantitative estimate of drug-likeness (QED) is 0.764. The lowest BCUT2D eigenvalue weighted by Crippen LogP contribution is -2.44. The number of carbonyl (C=O) groups is 1. The molecule has 1 amide bonds. The standard InChI is InChI=1S/C18H31N3O.ClH/c1-6-14(4)17(19)18(22)20-11-15-9-7-8-10-16(15)12-21(5)13(2)3;/h7-10,13-14,17H,6,11-12,19H2,1-5H3,(H,20,22);1H. The van der Waals surface area contributed by atoms with Gasteiger partial charge in [0.1, 0.15) is 0 Å². The third-order valence-electron chi connectivity index (χ3n) is 4.43. The van der Waals surface area contributed by atoms with Crippen LogP contribution in [0.4, 0.5) is 0 Å². The number of rotatable bonds is 8.